The summed E-state index contributed by atoms with van der Waals surface area (Å²) in [5, 5.41) is 1.89. The fourth-order valence-corrected chi connectivity index (χ4v) is 2.09. The molecule has 0 aliphatic heterocycles. The quantitative estimate of drug-likeness (QED) is 0.506. The third kappa shape index (κ3) is 12.3. The second kappa shape index (κ2) is 12.0. The molecule has 20 heavy (non-hydrogen) atoms. The molecule has 0 heterocycles. The van der Waals surface area contributed by atoms with Crippen molar-refractivity contribution in [1.29, 1.82) is 0 Å². The van der Waals surface area contributed by atoms with Crippen LogP contribution >= 0.6 is 0 Å². The van der Waals surface area contributed by atoms with Gasteiger partial charge in [0.15, 0.2) is 0 Å². The van der Waals surface area contributed by atoms with Gasteiger partial charge in [0, 0.05) is 6.54 Å². The summed E-state index contributed by atoms with van der Waals surface area (Å²) < 4.78 is 35.6. The summed E-state index contributed by atoms with van der Waals surface area (Å²) in [6, 6.07) is 0. The maximum Gasteiger partial charge on any atom is 0.471 e. The zero-order valence-electron chi connectivity index (χ0n) is 12.5. The smallest absolute Gasteiger partial charge is 0.348 e. The Morgan fingerprint density at radius 1 is 0.800 bits per heavy atom. The van der Waals surface area contributed by atoms with Crippen LogP contribution in [-0.4, -0.2) is 18.6 Å². The zero-order chi connectivity index (χ0) is 15.3. The van der Waals surface area contributed by atoms with E-state index in [1.54, 1.807) is 0 Å². The van der Waals surface area contributed by atoms with Crippen LogP contribution in [0.4, 0.5) is 13.2 Å². The molecule has 5 heteroatoms. The highest BCUT2D eigenvalue weighted by Crippen LogP contribution is 2.14. The molecule has 0 radical (unpaired) electrons. The Morgan fingerprint density at radius 3 is 1.60 bits per heavy atom. The number of nitrogens with one attached hydrogen (secondary N) is 1. The van der Waals surface area contributed by atoms with Gasteiger partial charge >= 0.3 is 12.1 Å². The summed E-state index contributed by atoms with van der Waals surface area (Å²) in [5.41, 5.74) is 0. The summed E-state index contributed by atoms with van der Waals surface area (Å²) >= 11 is 0. The molecular formula is C15H28F3NO. The molecule has 1 amide bonds. The molecule has 0 saturated carbocycles. The van der Waals surface area contributed by atoms with E-state index < -0.39 is 12.1 Å². The highest BCUT2D eigenvalue weighted by atomic mass is 19.4. The second-order valence-electron chi connectivity index (χ2n) is 5.29. The minimum Gasteiger partial charge on any atom is -0.348 e. The van der Waals surface area contributed by atoms with Crippen molar-refractivity contribution in [2.45, 2.75) is 83.7 Å². The minimum absolute atomic E-state index is 0.120. The summed E-state index contributed by atoms with van der Waals surface area (Å²) in [7, 11) is 0. The standard InChI is InChI=1S/C15H28F3NO/c1-2-3-4-5-6-7-8-9-10-11-12-13-19-14(20)15(16,17)18/h2-13H2,1H3,(H,19,20). The predicted molar refractivity (Wildman–Crippen MR) is 75.5 cm³/mol. The monoisotopic (exact) mass is 295 g/mol. The molecule has 0 aliphatic carbocycles. The van der Waals surface area contributed by atoms with E-state index in [1.165, 1.54) is 44.9 Å². The first-order valence-corrected chi connectivity index (χ1v) is 7.83. The van der Waals surface area contributed by atoms with E-state index in [0.29, 0.717) is 6.42 Å². The van der Waals surface area contributed by atoms with Gasteiger partial charge in [0.05, 0.1) is 0 Å². The molecule has 0 spiro atoms. The fraction of sp³-hybridized carbons (Fsp3) is 0.933. The highest BCUT2D eigenvalue weighted by molar-refractivity contribution is 5.81. The maximum absolute atomic E-state index is 11.9. The molecule has 2 nitrogen and oxygen atoms in total. The zero-order valence-corrected chi connectivity index (χ0v) is 12.5. The van der Waals surface area contributed by atoms with E-state index >= 15 is 0 Å². The first kappa shape index (κ1) is 19.3. The number of rotatable bonds is 12. The number of amides is 1. The van der Waals surface area contributed by atoms with Crippen LogP contribution in [0.5, 0.6) is 0 Å². The number of unbranched alkanes of at least 4 members (excludes halogenated alkanes) is 10. The molecule has 0 bridgehead atoms. The third-order valence-electron chi connectivity index (χ3n) is 3.32. The Kier molecular flexibility index (Phi) is 11.6. The van der Waals surface area contributed by atoms with Crippen LogP contribution in [-0.2, 0) is 4.79 Å². The topological polar surface area (TPSA) is 29.1 Å². The summed E-state index contributed by atoms with van der Waals surface area (Å²) in [5.74, 6) is -1.83. The van der Waals surface area contributed by atoms with Crippen LogP contribution in [0, 0.1) is 0 Å². The van der Waals surface area contributed by atoms with Crippen molar-refractivity contribution in [2.24, 2.45) is 0 Å². The van der Waals surface area contributed by atoms with Crippen molar-refractivity contribution >= 4 is 5.91 Å². The Hall–Kier alpha value is -0.740. The normalized spacial score (nSPS) is 11.6. The summed E-state index contributed by atoms with van der Waals surface area (Å²) in [6.07, 6.45) is 7.93. The molecule has 0 aliphatic rings. The minimum atomic E-state index is -4.75. The number of hydrogen-bond acceptors (Lipinski definition) is 1. The SMILES string of the molecule is CCCCCCCCCCCCCNC(=O)C(F)(F)F. The van der Waals surface area contributed by atoms with Gasteiger partial charge in [-0.1, -0.05) is 71.1 Å². The first-order valence-electron chi connectivity index (χ1n) is 7.83. The van der Waals surface area contributed by atoms with Crippen LogP contribution in [0.25, 0.3) is 0 Å². The van der Waals surface area contributed by atoms with Crippen LogP contribution in [0.2, 0.25) is 0 Å². The van der Waals surface area contributed by atoms with Gasteiger partial charge in [-0.25, -0.2) is 0 Å². The number of carbonyl (C=O) groups excluding carboxylic acids is 1. The summed E-state index contributed by atoms with van der Waals surface area (Å²) in [4.78, 5) is 10.5. The summed E-state index contributed by atoms with van der Waals surface area (Å²) in [6.45, 7) is 2.33. The van der Waals surface area contributed by atoms with Gasteiger partial charge in [-0.2, -0.15) is 13.2 Å². The molecule has 0 aromatic heterocycles. The lowest BCUT2D eigenvalue weighted by atomic mass is 10.1. The highest BCUT2D eigenvalue weighted by Gasteiger charge is 2.38. The van der Waals surface area contributed by atoms with E-state index in [9.17, 15) is 18.0 Å². The average Bonchev–Trinajstić information content (AvgIpc) is 2.38. The van der Waals surface area contributed by atoms with E-state index in [1.807, 2.05) is 5.32 Å². The lowest BCUT2D eigenvalue weighted by Gasteiger charge is -2.07. The number of alkyl halides is 3. The van der Waals surface area contributed by atoms with Crippen LogP contribution in [0.1, 0.15) is 77.6 Å². The predicted octanol–water partition coefficient (Wildman–Crippen LogP) is 4.98. The Bertz CT molecular complexity index is 242. The van der Waals surface area contributed by atoms with Gasteiger partial charge < -0.3 is 5.32 Å². The molecule has 0 aromatic rings. The van der Waals surface area contributed by atoms with Crippen molar-refractivity contribution in [2.75, 3.05) is 6.54 Å². The second-order valence-corrected chi connectivity index (χ2v) is 5.29. The van der Waals surface area contributed by atoms with Gasteiger partial charge in [-0.15, -0.1) is 0 Å². The molecule has 0 fully saturated rings. The van der Waals surface area contributed by atoms with Crippen molar-refractivity contribution in [3.8, 4) is 0 Å². The van der Waals surface area contributed by atoms with E-state index in [4.69, 9.17) is 0 Å². The number of carbonyl (C=O) groups is 1. The first-order chi connectivity index (χ1) is 9.48. The van der Waals surface area contributed by atoms with Crippen molar-refractivity contribution in [3.63, 3.8) is 0 Å². The Morgan fingerprint density at radius 2 is 1.20 bits per heavy atom. The molecule has 0 saturated heterocycles. The lowest BCUT2D eigenvalue weighted by molar-refractivity contribution is -0.173. The number of halogens is 3. The van der Waals surface area contributed by atoms with Gasteiger partial charge in [0.1, 0.15) is 0 Å². The molecule has 0 atom stereocenters. The van der Waals surface area contributed by atoms with Crippen molar-refractivity contribution in [1.82, 2.24) is 5.32 Å². The van der Waals surface area contributed by atoms with E-state index in [0.717, 1.165) is 19.3 Å². The molecule has 1 N–H and O–H groups in total. The van der Waals surface area contributed by atoms with Crippen LogP contribution in [0.15, 0.2) is 0 Å². The van der Waals surface area contributed by atoms with Crippen molar-refractivity contribution in [3.05, 3.63) is 0 Å². The maximum atomic E-state index is 11.9. The fourth-order valence-electron chi connectivity index (χ4n) is 2.09. The number of hydrogen-bond donors (Lipinski definition) is 1. The third-order valence-corrected chi connectivity index (χ3v) is 3.32. The largest absolute Gasteiger partial charge is 0.471 e. The Labute approximate surface area is 120 Å². The molecule has 120 valence electrons. The molecular weight excluding hydrogens is 267 g/mol. The van der Waals surface area contributed by atoms with Crippen LogP contribution < -0.4 is 5.32 Å². The average molecular weight is 295 g/mol. The molecule has 0 aromatic carbocycles. The molecule has 0 unspecified atom stereocenters. The van der Waals surface area contributed by atoms with Crippen LogP contribution in [0.3, 0.4) is 0 Å². The van der Waals surface area contributed by atoms with E-state index in [-0.39, 0.29) is 6.54 Å². The van der Waals surface area contributed by atoms with Gasteiger partial charge in [0.25, 0.3) is 0 Å². The van der Waals surface area contributed by atoms with Gasteiger partial charge in [-0.05, 0) is 6.42 Å². The van der Waals surface area contributed by atoms with Crippen molar-refractivity contribution < 1.29 is 18.0 Å². The molecule has 0 rings (SSSR count). The van der Waals surface area contributed by atoms with Gasteiger partial charge in [0.2, 0.25) is 0 Å². The van der Waals surface area contributed by atoms with Gasteiger partial charge in [-0.3, -0.25) is 4.79 Å². The lowest BCUT2D eigenvalue weighted by Crippen LogP contribution is -2.37. The Balaban J connectivity index is 3.16. The van der Waals surface area contributed by atoms with E-state index in [2.05, 4.69) is 6.92 Å².